The first-order valence-electron chi connectivity index (χ1n) is 4.56. The summed E-state index contributed by atoms with van der Waals surface area (Å²) in [6, 6.07) is 5.52. The Hall–Kier alpha value is -1.33. The molecule has 0 aliphatic rings. The maximum Gasteiger partial charge on any atom is 0.347 e. The number of anilines is 1. The van der Waals surface area contributed by atoms with Crippen molar-refractivity contribution < 1.29 is 4.42 Å². The van der Waals surface area contributed by atoms with E-state index in [0.717, 1.165) is 15.2 Å². The van der Waals surface area contributed by atoms with Gasteiger partial charge in [-0.1, -0.05) is 22.0 Å². The number of rotatable bonds is 0. The Balaban J connectivity index is 2.73. The lowest BCUT2D eigenvalue weighted by atomic mass is 10.1. The highest BCUT2D eigenvalue weighted by molar-refractivity contribution is 9.10. The molecule has 0 saturated heterocycles. The molecule has 0 aliphatic carbocycles. The molecule has 0 aliphatic heterocycles. The van der Waals surface area contributed by atoms with E-state index in [1.165, 1.54) is 11.3 Å². The van der Waals surface area contributed by atoms with E-state index in [4.69, 9.17) is 10.2 Å². The maximum atomic E-state index is 11.7. The molecule has 0 bridgehead atoms. The van der Waals surface area contributed by atoms with E-state index in [9.17, 15) is 4.79 Å². The summed E-state index contributed by atoms with van der Waals surface area (Å²) < 4.78 is 6.14. The first-order chi connectivity index (χ1) is 7.68. The molecule has 5 heteroatoms. The Morgan fingerprint density at radius 3 is 2.94 bits per heavy atom. The molecule has 0 atom stereocenters. The fourth-order valence-electron chi connectivity index (χ4n) is 1.77. The van der Waals surface area contributed by atoms with Gasteiger partial charge in [0, 0.05) is 20.6 Å². The molecule has 0 spiro atoms. The summed E-state index contributed by atoms with van der Waals surface area (Å²) in [5, 5.41) is 4.60. The third-order valence-electron chi connectivity index (χ3n) is 2.47. The summed E-state index contributed by atoms with van der Waals surface area (Å²) in [6.07, 6.45) is 0. The highest BCUT2D eigenvalue weighted by Gasteiger charge is 2.13. The summed E-state index contributed by atoms with van der Waals surface area (Å²) in [6.45, 7) is 0. The van der Waals surface area contributed by atoms with Crippen molar-refractivity contribution in [3.05, 3.63) is 38.5 Å². The summed E-state index contributed by atoms with van der Waals surface area (Å²) in [5.41, 5.74) is 5.96. The van der Waals surface area contributed by atoms with E-state index in [-0.39, 0.29) is 5.63 Å². The summed E-state index contributed by atoms with van der Waals surface area (Å²) in [5.74, 6) is 0. The smallest absolute Gasteiger partial charge is 0.347 e. The molecule has 2 heterocycles. The number of fused-ring (bicyclic) bond motifs is 3. The quantitative estimate of drug-likeness (QED) is 0.647. The number of hydrogen-bond donors (Lipinski definition) is 1. The van der Waals surface area contributed by atoms with Crippen LogP contribution in [0.3, 0.4) is 0 Å². The van der Waals surface area contributed by atoms with Crippen LogP contribution in [-0.2, 0) is 0 Å². The summed E-state index contributed by atoms with van der Waals surface area (Å²) >= 11 is 4.81. The number of halogens is 1. The summed E-state index contributed by atoms with van der Waals surface area (Å²) in [4.78, 5) is 11.7. The second kappa shape index (κ2) is 3.33. The molecular weight excluding hydrogens is 290 g/mol. The van der Waals surface area contributed by atoms with Crippen molar-refractivity contribution >= 4 is 54.0 Å². The van der Waals surface area contributed by atoms with E-state index in [2.05, 4.69) is 15.9 Å². The van der Waals surface area contributed by atoms with Crippen molar-refractivity contribution in [2.75, 3.05) is 5.73 Å². The molecule has 0 unspecified atom stereocenters. The van der Waals surface area contributed by atoms with E-state index < -0.39 is 0 Å². The molecule has 0 fully saturated rings. The van der Waals surface area contributed by atoms with Crippen LogP contribution in [0.15, 0.2) is 37.3 Å². The van der Waals surface area contributed by atoms with Crippen LogP contribution >= 0.6 is 27.3 Å². The second-order valence-corrected chi connectivity index (χ2v) is 5.16. The molecule has 2 aromatic heterocycles. The predicted molar refractivity (Wildman–Crippen MR) is 70.0 cm³/mol. The van der Waals surface area contributed by atoms with Gasteiger partial charge in [-0.25, -0.2) is 4.79 Å². The van der Waals surface area contributed by atoms with Crippen LogP contribution in [0, 0.1) is 0 Å². The van der Waals surface area contributed by atoms with Gasteiger partial charge in [0.25, 0.3) is 0 Å². The Morgan fingerprint density at radius 1 is 1.31 bits per heavy atom. The van der Waals surface area contributed by atoms with Crippen molar-refractivity contribution in [3.63, 3.8) is 0 Å². The third-order valence-corrected chi connectivity index (χ3v) is 3.94. The average molecular weight is 296 g/mol. The fraction of sp³-hybridized carbons (Fsp3) is 0. The molecule has 80 valence electrons. The minimum atomic E-state index is -0.376. The van der Waals surface area contributed by atoms with E-state index in [1.807, 2.05) is 17.5 Å². The standard InChI is InChI=1S/C11H6BrNO2S/c12-6-2-1-3-7-8(6)5-4-16-10(13)9(5)11(14)15-7/h1-4H,13H2. The van der Waals surface area contributed by atoms with Gasteiger partial charge in [0.1, 0.15) is 16.0 Å². The molecule has 0 radical (unpaired) electrons. The molecule has 3 rings (SSSR count). The SMILES string of the molecule is Nc1scc2c1c(=O)oc1cccc(Br)c12. The average Bonchev–Trinajstić information content (AvgIpc) is 2.61. The van der Waals surface area contributed by atoms with Crippen LogP contribution < -0.4 is 11.4 Å². The molecular formula is C11H6BrNO2S. The zero-order valence-corrected chi connectivity index (χ0v) is 10.4. The highest BCUT2D eigenvalue weighted by Crippen LogP contribution is 2.34. The van der Waals surface area contributed by atoms with E-state index in [0.29, 0.717) is 16.0 Å². The van der Waals surface area contributed by atoms with Gasteiger partial charge < -0.3 is 10.2 Å². The van der Waals surface area contributed by atoms with Gasteiger partial charge in [-0.15, -0.1) is 11.3 Å². The second-order valence-electron chi connectivity index (χ2n) is 3.39. The topological polar surface area (TPSA) is 56.2 Å². The van der Waals surface area contributed by atoms with E-state index >= 15 is 0 Å². The molecule has 2 N–H and O–H groups in total. The Bertz CT molecular complexity index is 760. The van der Waals surface area contributed by atoms with Crippen molar-refractivity contribution in [1.82, 2.24) is 0 Å². The molecule has 0 amide bonds. The Morgan fingerprint density at radius 2 is 2.12 bits per heavy atom. The van der Waals surface area contributed by atoms with Crippen molar-refractivity contribution in [2.24, 2.45) is 0 Å². The van der Waals surface area contributed by atoms with Crippen molar-refractivity contribution in [1.29, 1.82) is 0 Å². The Labute approximate surface area is 103 Å². The largest absolute Gasteiger partial charge is 0.422 e. The van der Waals surface area contributed by atoms with Crippen LogP contribution in [0.4, 0.5) is 5.00 Å². The van der Waals surface area contributed by atoms with Gasteiger partial charge in [-0.05, 0) is 12.1 Å². The zero-order chi connectivity index (χ0) is 11.3. The molecule has 16 heavy (non-hydrogen) atoms. The lowest BCUT2D eigenvalue weighted by molar-refractivity contribution is 0.570. The fourth-order valence-corrected chi connectivity index (χ4v) is 3.12. The highest BCUT2D eigenvalue weighted by atomic mass is 79.9. The van der Waals surface area contributed by atoms with Gasteiger partial charge in [0.2, 0.25) is 0 Å². The van der Waals surface area contributed by atoms with Crippen molar-refractivity contribution in [2.45, 2.75) is 0 Å². The van der Waals surface area contributed by atoms with Gasteiger partial charge in [0.05, 0.1) is 0 Å². The minimum absolute atomic E-state index is 0.376. The Kier molecular flexibility index (Phi) is 2.05. The zero-order valence-electron chi connectivity index (χ0n) is 7.99. The van der Waals surface area contributed by atoms with Gasteiger partial charge in [0.15, 0.2) is 0 Å². The monoisotopic (exact) mass is 295 g/mol. The number of nitrogen functional groups attached to an aromatic ring is 1. The maximum absolute atomic E-state index is 11.7. The number of thiophene rings is 1. The number of benzene rings is 1. The predicted octanol–water partition coefficient (Wildman–Crippen LogP) is 3.35. The van der Waals surface area contributed by atoms with Crippen LogP contribution in [0.25, 0.3) is 21.7 Å². The van der Waals surface area contributed by atoms with Crippen molar-refractivity contribution in [3.8, 4) is 0 Å². The van der Waals surface area contributed by atoms with Gasteiger partial charge in [-0.2, -0.15) is 0 Å². The molecule has 3 nitrogen and oxygen atoms in total. The first kappa shape index (κ1) is 9.86. The van der Waals surface area contributed by atoms with Gasteiger partial charge in [-0.3, -0.25) is 0 Å². The molecule has 1 aromatic carbocycles. The number of hydrogen-bond acceptors (Lipinski definition) is 4. The number of nitrogens with two attached hydrogens (primary N) is 1. The van der Waals surface area contributed by atoms with Crippen LogP contribution in [-0.4, -0.2) is 0 Å². The third kappa shape index (κ3) is 1.22. The molecule has 0 saturated carbocycles. The lowest BCUT2D eigenvalue weighted by Crippen LogP contribution is -2.00. The normalized spacial score (nSPS) is 11.3. The molecule has 3 aromatic rings. The van der Waals surface area contributed by atoms with Crippen LogP contribution in [0.2, 0.25) is 0 Å². The summed E-state index contributed by atoms with van der Waals surface area (Å²) in [7, 11) is 0. The van der Waals surface area contributed by atoms with Crippen LogP contribution in [0.5, 0.6) is 0 Å². The first-order valence-corrected chi connectivity index (χ1v) is 6.24. The van der Waals surface area contributed by atoms with E-state index in [1.54, 1.807) is 6.07 Å². The van der Waals surface area contributed by atoms with Gasteiger partial charge >= 0.3 is 5.63 Å². The lowest BCUT2D eigenvalue weighted by Gasteiger charge is -2.00. The minimum Gasteiger partial charge on any atom is -0.422 e. The van der Waals surface area contributed by atoms with Crippen LogP contribution in [0.1, 0.15) is 0 Å².